The van der Waals surface area contributed by atoms with E-state index < -0.39 is 43.4 Å². The van der Waals surface area contributed by atoms with E-state index in [0.717, 1.165) is 0 Å². The van der Waals surface area contributed by atoms with Crippen molar-refractivity contribution >= 4 is 5.78 Å². The first-order chi connectivity index (χ1) is 6.45. The maximum Gasteiger partial charge on any atom is 0.195 e. The molecule has 0 aliphatic rings. The van der Waals surface area contributed by atoms with Crippen LogP contribution in [-0.2, 0) is 4.79 Å². The Kier molecular flexibility index (Phi) is 5.77. The van der Waals surface area contributed by atoms with Gasteiger partial charge >= 0.3 is 0 Å². The molecule has 0 aromatic heterocycles. The van der Waals surface area contributed by atoms with Gasteiger partial charge in [-0.2, -0.15) is 0 Å². The van der Waals surface area contributed by atoms with E-state index in [1.807, 2.05) is 0 Å². The largest absolute Gasteiger partial charge is 0.394 e. The lowest BCUT2D eigenvalue weighted by atomic mass is 10.0. The van der Waals surface area contributed by atoms with Crippen LogP contribution in [0.1, 0.15) is 0 Å². The van der Waals surface area contributed by atoms with Crippen molar-refractivity contribution in [2.75, 3.05) is 13.2 Å². The minimum absolute atomic E-state index is 0.852. The van der Waals surface area contributed by atoms with Gasteiger partial charge in [-0.05, 0) is 0 Å². The lowest BCUT2D eigenvalue weighted by Crippen LogP contribution is -2.47. The molecular formula is C7H14O7. The summed E-state index contributed by atoms with van der Waals surface area (Å²) in [7, 11) is 0. The summed E-state index contributed by atoms with van der Waals surface area (Å²) in [5, 5.41) is 52.4. The monoisotopic (exact) mass is 210 g/mol. The number of hydrogen-bond acceptors (Lipinski definition) is 7. The van der Waals surface area contributed by atoms with Gasteiger partial charge in [0.1, 0.15) is 24.4 Å². The third kappa shape index (κ3) is 3.29. The zero-order chi connectivity index (χ0) is 11.3. The SMILES string of the molecule is O=C([C@@H](O)[C@H](O)CO)[C@H](O)[C@@H](O)CO. The molecule has 0 aromatic rings. The summed E-state index contributed by atoms with van der Waals surface area (Å²) in [6, 6.07) is 0. The highest BCUT2D eigenvalue weighted by Crippen LogP contribution is 2.02. The van der Waals surface area contributed by atoms with E-state index in [1.165, 1.54) is 0 Å². The van der Waals surface area contributed by atoms with Crippen molar-refractivity contribution in [1.82, 2.24) is 0 Å². The van der Waals surface area contributed by atoms with Crippen LogP contribution in [0.3, 0.4) is 0 Å². The molecule has 0 aliphatic carbocycles. The second kappa shape index (κ2) is 6.02. The molecule has 7 nitrogen and oxygen atoms in total. The van der Waals surface area contributed by atoms with Gasteiger partial charge in [0.05, 0.1) is 13.2 Å². The number of aliphatic hydroxyl groups excluding tert-OH is 6. The molecular weight excluding hydrogens is 196 g/mol. The average Bonchev–Trinajstić information content (AvgIpc) is 2.23. The van der Waals surface area contributed by atoms with Crippen LogP contribution in [0.15, 0.2) is 0 Å². The van der Waals surface area contributed by atoms with E-state index in [9.17, 15) is 4.79 Å². The molecule has 0 aliphatic heterocycles. The van der Waals surface area contributed by atoms with Gasteiger partial charge in [-0.15, -0.1) is 0 Å². The number of carbonyl (C=O) groups excluding carboxylic acids is 1. The van der Waals surface area contributed by atoms with Gasteiger partial charge < -0.3 is 30.6 Å². The van der Waals surface area contributed by atoms with Gasteiger partial charge in [0.25, 0.3) is 0 Å². The predicted molar refractivity (Wildman–Crippen MR) is 43.2 cm³/mol. The van der Waals surface area contributed by atoms with E-state index in [1.54, 1.807) is 0 Å². The summed E-state index contributed by atoms with van der Waals surface area (Å²) in [4.78, 5) is 11.0. The molecule has 0 bridgehead atoms. The van der Waals surface area contributed by atoms with Crippen LogP contribution >= 0.6 is 0 Å². The van der Waals surface area contributed by atoms with Gasteiger partial charge in [0, 0.05) is 0 Å². The van der Waals surface area contributed by atoms with E-state index >= 15 is 0 Å². The molecule has 0 saturated carbocycles. The van der Waals surface area contributed by atoms with Crippen molar-refractivity contribution in [3.63, 3.8) is 0 Å². The van der Waals surface area contributed by atoms with Crippen molar-refractivity contribution < 1.29 is 35.4 Å². The molecule has 84 valence electrons. The molecule has 6 N–H and O–H groups in total. The van der Waals surface area contributed by atoms with Crippen LogP contribution in [0.25, 0.3) is 0 Å². The Labute approximate surface area is 79.9 Å². The van der Waals surface area contributed by atoms with E-state index in [-0.39, 0.29) is 0 Å². The normalized spacial score (nSPS) is 19.9. The van der Waals surface area contributed by atoms with Crippen molar-refractivity contribution in [1.29, 1.82) is 0 Å². The van der Waals surface area contributed by atoms with Crippen LogP contribution in [0.2, 0.25) is 0 Å². The van der Waals surface area contributed by atoms with Gasteiger partial charge in [-0.1, -0.05) is 0 Å². The van der Waals surface area contributed by atoms with Gasteiger partial charge in [0.15, 0.2) is 5.78 Å². The lowest BCUT2D eigenvalue weighted by Gasteiger charge is -2.20. The quantitative estimate of drug-likeness (QED) is 0.262. The maximum absolute atomic E-state index is 11.0. The number of Topliss-reactive ketones (excluding diaryl/α,β-unsaturated/α-hetero) is 1. The highest BCUT2D eigenvalue weighted by Gasteiger charge is 2.32. The van der Waals surface area contributed by atoms with Crippen molar-refractivity contribution in [3.05, 3.63) is 0 Å². The van der Waals surface area contributed by atoms with Crippen molar-refractivity contribution in [2.45, 2.75) is 24.4 Å². The molecule has 0 unspecified atom stereocenters. The third-order valence-electron chi connectivity index (χ3n) is 1.69. The fourth-order valence-electron chi connectivity index (χ4n) is 0.754. The summed E-state index contributed by atoms with van der Waals surface area (Å²) in [5.41, 5.74) is 0. The zero-order valence-electron chi connectivity index (χ0n) is 7.32. The van der Waals surface area contributed by atoms with E-state index in [0.29, 0.717) is 0 Å². The van der Waals surface area contributed by atoms with Gasteiger partial charge in [-0.3, -0.25) is 4.79 Å². The van der Waals surface area contributed by atoms with Crippen molar-refractivity contribution in [3.8, 4) is 0 Å². The topological polar surface area (TPSA) is 138 Å². The second-order valence-electron chi connectivity index (χ2n) is 2.79. The van der Waals surface area contributed by atoms with Crippen LogP contribution in [0.4, 0.5) is 0 Å². The summed E-state index contributed by atoms with van der Waals surface area (Å²) in [6.45, 7) is -1.70. The number of rotatable bonds is 6. The Hall–Kier alpha value is -0.570. The summed E-state index contributed by atoms with van der Waals surface area (Å²) < 4.78 is 0. The fraction of sp³-hybridized carbons (Fsp3) is 0.857. The Balaban J connectivity index is 4.31. The summed E-state index contributed by atoms with van der Waals surface area (Å²) >= 11 is 0. The standard InChI is InChI=1S/C7H14O7/c8-1-3(10)5(12)7(14)6(13)4(11)2-9/h3-6,8-13H,1-2H2/t3-,4+,5+,6-. The highest BCUT2D eigenvalue weighted by atomic mass is 16.4. The maximum atomic E-state index is 11.0. The first kappa shape index (κ1) is 13.4. The van der Waals surface area contributed by atoms with Crippen LogP contribution in [0.5, 0.6) is 0 Å². The Bertz CT molecular complexity index is 165. The predicted octanol–water partition coefficient (Wildman–Crippen LogP) is -4.02. The average molecular weight is 210 g/mol. The number of ketones is 1. The fourth-order valence-corrected chi connectivity index (χ4v) is 0.754. The summed E-state index contributed by atoms with van der Waals surface area (Å²) in [6.07, 6.45) is -7.42. The van der Waals surface area contributed by atoms with Crippen LogP contribution < -0.4 is 0 Å². The highest BCUT2D eigenvalue weighted by molar-refractivity contribution is 5.88. The Morgan fingerprint density at radius 2 is 1.14 bits per heavy atom. The molecule has 14 heavy (non-hydrogen) atoms. The molecule has 0 saturated heterocycles. The first-order valence-corrected chi connectivity index (χ1v) is 3.93. The lowest BCUT2D eigenvalue weighted by molar-refractivity contribution is -0.150. The minimum Gasteiger partial charge on any atom is -0.394 e. The first-order valence-electron chi connectivity index (χ1n) is 3.93. The molecule has 0 amide bonds. The smallest absolute Gasteiger partial charge is 0.195 e. The Morgan fingerprint density at radius 1 is 0.857 bits per heavy atom. The number of carbonyl (C=O) groups is 1. The molecule has 0 heterocycles. The number of hydrogen-bond donors (Lipinski definition) is 6. The molecule has 0 aromatic carbocycles. The third-order valence-corrected chi connectivity index (χ3v) is 1.69. The Morgan fingerprint density at radius 3 is 1.36 bits per heavy atom. The van der Waals surface area contributed by atoms with Gasteiger partial charge in [-0.25, -0.2) is 0 Å². The molecule has 0 rings (SSSR count). The minimum atomic E-state index is -1.99. The molecule has 4 atom stereocenters. The summed E-state index contributed by atoms with van der Waals surface area (Å²) in [5.74, 6) is -1.26. The molecule has 7 heteroatoms. The molecule has 0 radical (unpaired) electrons. The van der Waals surface area contributed by atoms with Crippen molar-refractivity contribution in [2.24, 2.45) is 0 Å². The second-order valence-corrected chi connectivity index (χ2v) is 2.79. The van der Waals surface area contributed by atoms with E-state index in [2.05, 4.69) is 0 Å². The van der Waals surface area contributed by atoms with Crippen LogP contribution in [-0.4, -0.2) is 74.1 Å². The van der Waals surface area contributed by atoms with Gasteiger partial charge in [0.2, 0.25) is 0 Å². The number of aliphatic hydroxyl groups is 6. The zero-order valence-corrected chi connectivity index (χ0v) is 7.32. The molecule has 0 spiro atoms. The van der Waals surface area contributed by atoms with Crippen LogP contribution in [0, 0.1) is 0 Å². The van der Waals surface area contributed by atoms with E-state index in [4.69, 9.17) is 30.6 Å². The molecule has 0 fully saturated rings.